The molecule has 0 aliphatic heterocycles. The van der Waals surface area contributed by atoms with Gasteiger partial charge >= 0.3 is 0 Å². The topological polar surface area (TPSA) is 17.1 Å². The van der Waals surface area contributed by atoms with E-state index in [2.05, 4.69) is 15.9 Å². The third-order valence-corrected chi connectivity index (χ3v) is 3.43. The van der Waals surface area contributed by atoms with Crippen LogP contribution in [0.1, 0.15) is 15.2 Å². The monoisotopic (exact) mass is 298 g/mol. The largest absolute Gasteiger partial charge is 0.294 e. The predicted octanol–water partition coefficient (Wildman–Crippen LogP) is 4.08. The maximum absolute atomic E-state index is 13.1. The summed E-state index contributed by atoms with van der Waals surface area (Å²) >= 11 is 4.70. The third kappa shape index (κ3) is 2.77. The molecular weight excluding hydrogens is 291 g/mol. The number of hydrogen-bond donors (Lipinski definition) is 0. The first-order valence-corrected chi connectivity index (χ1v) is 6.34. The van der Waals surface area contributed by atoms with Crippen LogP contribution in [-0.4, -0.2) is 5.78 Å². The average molecular weight is 299 g/mol. The summed E-state index contributed by atoms with van der Waals surface area (Å²) in [4.78, 5) is 12.8. The van der Waals surface area contributed by atoms with Crippen molar-refractivity contribution < 1.29 is 9.18 Å². The zero-order valence-electron chi connectivity index (χ0n) is 8.24. The molecule has 1 heterocycles. The number of rotatable bonds is 3. The fourth-order valence-corrected chi connectivity index (χ4v) is 2.56. The van der Waals surface area contributed by atoms with Crippen LogP contribution >= 0.6 is 27.3 Å². The molecule has 0 bridgehead atoms. The number of carbonyl (C=O) groups is 1. The van der Waals surface area contributed by atoms with E-state index in [4.69, 9.17) is 0 Å². The highest BCUT2D eigenvalue weighted by molar-refractivity contribution is 9.10. The Balaban J connectivity index is 2.21. The second-order valence-corrected chi connectivity index (χ2v) is 5.29. The summed E-state index contributed by atoms with van der Waals surface area (Å²) < 4.78 is 13.7. The van der Waals surface area contributed by atoms with E-state index in [-0.39, 0.29) is 5.78 Å². The number of benzene rings is 1. The number of halogens is 2. The maximum Gasteiger partial charge on any atom is 0.168 e. The molecule has 0 aliphatic carbocycles. The molecule has 82 valence electrons. The minimum Gasteiger partial charge on any atom is -0.294 e. The summed E-state index contributed by atoms with van der Waals surface area (Å²) in [5.41, 5.74) is 0.403. The van der Waals surface area contributed by atoms with Crippen LogP contribution in [0.4, 0.5) is 4.39 Å². The average Bonchev–Trinajstić information content (AvgIpc) is 2.68. The highest BCUT2D eigenvalue weighted by Gasteiger charge is 2.09. The quantitative estimate of drug-likeness (QED) is 0.781. The fraction of sp³-hybridized carbons (Fsp3) is 0.0833. The molecule has 0 fully saturated rings. The summed E-state index contributed by atoms with van der Waals surface area (Å²) in [6.07, 6.45) is 0.327. The summed E-state index contributed by atoms with van der Waals surface area (Å²) in [6.45, 7) is 0. The molecule has 1 aromatic heterocycles. The van der Waals surface area contributed by atoms with Crippen molar-refractivity contribution >= 4 is 33.0 Å². The van der Waals surface area contributed by atoms with Crippen molar-refractivity contribution in [2.24, 2.45) is 0 Å². The highest BCUT2D eigenvalue weighted by Crippen LogP contribution is 2.18. The SMILES string of the molecule is O=C(Cc1cccs1)c1cc(F)cc(Br)c1. The minimum atomic E-state index is -0.399. The number of carbonyl (C=O) groups excluding carboxylic acids is 1. The van der Waals surface area contributed by atoms with Crippen molar-refractivity contribution in [1.29, 1.82) is 0 Å². The first-order chi connectivity index (χ1) is 7.65. The lowest BCUT2D eigenvalue weighted by Crippen LogP contribution is -2.02. The lowest BCUT2D eigenvalue weighted by atomic mass is 10.1. The van der Waals surface area contributed by atoms with Crippen LogP contribution in [0, 0.1) is 5.82 Å². The van der Waals surface area contributed by atoms with Gasteiger partial charge in [0.25, 0.3) is 0 Å². The van der Waals surface area contributed by atoms with Crippen LogP contribution in [0.15, 0.2) is 40.2 Å². The van der Waals surface area contributed by atoms with Gasteiger partial charge in [-0.05, 0) is 29.6 Å². The number of hydrogen-bond acceptors (Lipinski definition) is 2. The van der Waals surface area contributed by atoms with Crippen LogP contribution in [0.2, 0.25) is 0 Å². The molecule has 2 aromatic rings. The molecule has 0 amide bonds. The van der Waals surface area contributed by atoms with Gasteiger partial charge in [-0.2, -0.15) is 0 Å². The van der Waals surface area contributed by atoms with Crippen molar-refractivity contribution in [3.8, 4) is 0 Å². The van der Waals surface area contributed by atoms with E-state index in [1.165, 1.54) is 23.5 Å². The first-order valence-electron chi connectivity index (χ1n) is 4.67. The smallest absolute Gasteiger partial charge is 0.168 e. The summed E-state index contributed by atoms with van der Waals surface area (Å²) in [7, 11) is 0. The van der Waals surface area contributed by atoms with Gasteiger partial charge in [0.1, 0.15) is 5.82 Å². The van der Waals surface area contributed by atoms with E-state index in [9.17, 15) is 9.18 Å². The Labute approximate surface area is 105 Å². The van der Waals surface area contributed by atoms with Crippen LogP contribution in [0.3, 0.4) is 0 Å². The Hall–Kier alpha value is -1.00. The van der Waals surface area contributed by atoms with Gasteiger partial charge < -0.3 is 0 Å². The Morgan fingerprint density at radius 3 is 2.81 bits per heavy atom. The predicted molar refractivity (Wildman–Crippen MR) is 66.5 cm³/mol. The highest BCUT2D eigenvalue weighted by atomic mass is 79.9. The van der Waals surface area contributed by atoms with E-state index >= 15 is 0 Å². The van der Waals surface area contributed by atoms with E-state index < -0.39 is 5.82 Å². The van der Waals surface area contributed by atoms with Crippen LogP contribution in [0.25, 0.3) is 0 Å². The molecule has 0 N–H and O–H groups in total. The Morgan fingerprint density at radius 1 is 1.38 bits per heavy atom. The van der Waals surface area contributed by atoms with E-state index in [1.807, 2.05) is 17.5 Å². The molecule has 2 rings (SSSR count). The van der Waals surface area contributed by atoms with Crippen molar-refractivity contribution in [2.45, 2.75) is 6.42 Å². The zero-order valence-corrected chi connectivity index (χ0v) is 10.6. The third-order valence-electron chi connectivity index (χ3n) is 2.10. The molecule has 0 unspecified atom stereocenters. The van der Waals surface area contributed by atoms with Gasteiger partial charge in [0, 0.05) is 21.3 Å². The van der Waals surface area contributed by atoms with E-state index in [0.29, 0.717) is 16.5 Å². The second kappa shape index (κ2) is 4.89. The van der Waals surface area contributed by atoms with Gasteiger partial charge in [-0.15, -0.1) is 11.3 Å². The summed E-state index contributed by atoms with van der Waals surface area (Å²) in [5.74, 6) is -0.466. The standard InChI is InChI=1S/C12H8BrFOS/c13-9-4-8(5-10(14)6-9)12(15)7-11-2-1-3-16-11/h1-6H,7H2. The molecule has 0 radical (unpaired) electrons. The molecule has 1 nitrogen and oxygen atoms in total. The Kier molecular flexibility index (Phi) is 3.51. The van der Waals surface area contributed by atoms with Crippen LogP contribution in [-0.2, 0) is 6.42 Å². The summed E-state index contributed by atoms with van der Waals surface area (Å²) in [6, 6.07) is 8.04. The molecule has 0 aliphatic rings. The van der Waals surface area contributed by atoms with Gasteiger partial charge in [-0.1, -0.05) is 22.0 Å². The first kappa shape index (κ1) is 11.5. The van der Waals surface area contributed by atoms with Crippen LogP contribution < -0.4 is 0 Å². The van der Waals surface area contributed by atoms with Crippen molar-refractivity contribution in [1.82, 2.24) is 0 Å². The summed E-state index contributed by atoms with van der Waals surface area (Å²) in [5, 5.41) is 1.92. The lowest BCUT2D eigenvalue weighted by molar-refractivity contribution is 0.0993. The molecule has 16 heavy (non-hydrogen) atoms. The Bertz CT molecular complexity index is 487. The van der Waals surface area contributed by atoms with Crippen LogP contribution in [0.5, 0.6) is 0 Å². The molecule has 1 aromatic carbocycles. The van der Waals surface area contributed by atoms with E-state index in [1.54, 1.807) is 6.07 Å². The number of Topliss-reactive ketones (excluding diaryl/α,β-unsaturated/α-hetero) is 1. The normalized spacial score (nSPS) is 10.4. The minimum absolute atomic E-state index is 0.0670. The molecule has 4 heteroatoms. The molecule has 0 saturated heterocycles. The number of thiophene rings is 1. The second-order valence-electron chi connectivity index (χ2n) is 3.34. The Morgan fingerprint density at radius 2 is 2.19 bits per heavy atom. The van der Waals surface area contributed by atoms with Gasteiger partial charge in [0.15, 0.2) is 5.78 Å². The van der Waals surface area contributed by atoms with Gasteiger partial charge in [0.05, 0.1) is 0 Å². The molecule has 0 saturated carbocycles. The molecule has 0 spiro atoms. The lowest BCUT2D eigenvalue weighted by Gasteiger charge is -2.01. The molecule has 0 atom stereocenters. The zero-order chi connectivity index (χ0) is 11.5. The fourth-order valence-electron chi connectivity index (χ4n) is 1.39. The van der Waals surface area contributed by atoms with E-state index in [0.717, 1.165) is 4.88 Å². The van der Waals surface area contributed by atoms with Gasteiger partial charge in [-0.3, -0.25) is 4.79 Å². The maximum atomic E-state index is 13.1. The van der Waals surface area contributed by atoms with Gasteiger partial charge in [-0.25, -0.2) is 4.39 Å². The van der Waals surface area contributed by atoms with Crippen molar-refractivity contribution in [2.75, 3.05) is 0 Å². The van der Waals surface area contributed by atoms with Crippen molar-refractivity contribution in [3.63, 3.8) is 0 Å². The van der Waals surface area contributed by atoms with Crippen molar-refractivity contribution in [3.05, 3.63) is 56.4 Å². The number of ketones is 1. The van der Waals surface area contributed by atoms with Gasteiger partial charge in [0.2, 0.25) is 0 Å². The molecular formula is C12H8BrFOS.